The zero-order valence-electron chi connectivity index (χ0n) is 11.1. The molecule has 1 amide bonds. The van der Waals surface area contributed by atoms with Crippen molar-refractivity contribution in [3.63, 3.8) is 0 Å². The lowest BCUT2D eigenvalue weighted by Crippen LogP contribution is -2.15. The van der Waals surface area contributed by atoms with Gasteiger partial charge in [-0.3, -0.25) is 4.79 Å². The lowest BCUT2D eigenvalue weighted by Gasteiger charge is -2.08. The van der Waals surface area contributed by atoms with Crippen LogP contribution in [0.25, 0.3) is 0 Å². The lowest BCUT2D eigenvalue weighted by atomic mass is 10.2. The molecule has 2 N–H and O–H groups in total. The summed E-state index contributed by atoms with van der Waals surface area (Å²) in [7, 11) is 0. The monoisotopic (exact) mass is 355 g/mol. The Morgan fingerprint density at radius 1 is 1.29 bits per heavy atom. The minimum Gasteiger partial charge on any atom is -0.370 e. The summed E-state index contributed by atoms with van der Waals surface area (Å²) in [6.07, 6.45) is 0. The van der Waals surface area contributed by atoms with Crippen molar-refractivity contribution in [2.45, 2.75) is 6.92 Å². The van der Waals surface area contributed by atoms with E-state index in [-0.39, 0.29) is 15.9 Å². The maximum atomic E-state index is 13.6. The highest BCUT2D eigenvalue weighted by Gasteiger charge is 2.13. The Morgan fingerprint density at radius 2 is 2.05 bits per heavy atom. The van der Waals surface area contributed by atoms with Gasteiger partial charge in [0.15, 0.2) is 0 Å². The zero-order valence-corrected chi connectivity index (χ0v) is 12.7. The molecule has 1 aromatic heterocycles. The largest absolute Gasteiger partial charge is 0.370 e. The van der Waals surface area contributed by atoms with E-state index < -0.39 is 17.5 Å². The number of aromatic nitrogens is 1. The van der Waals surface area contributed by atoms with Crippen LogP contribution < -0.4 is 10.6 Å². The predicted octanol–water partition coefficient (Wildman–Crippen LogP) is 3.81. The van der Waals surface area contributed by atoms with Crippen molar-refractivity contribution in [2.75, 3.05) is 17.2 Å². The van der Waals surface area contributed by atoms with Crippen LogP contribution in [0.5, 0.6) is 0 Å². The molecule has 0 spiro atoms. The molecular formula is C14H12BrF2N3O. The van der Waals surface area contributed by atoms with Crippen molar-refractivity contribution >= 4 is 33.3 Å². The maximum absolute atomic E-state index is 13.6. The molecule has 2 rings (SSSR count). The summed E-state index contributed by atoms with van der Waals surface area (Å²) >= 11 is 2.94. The molecular weight excluding hydrogens is 344 g/mol. The summed E-state index contributed by atoms with van der Waals surface area (Å²) in [5.41, 5.74) is 0.0113. The second-order valence-electron chi connectivity index (χ2n) is 4.14. The van der Waals surface area contributed by atoms with E-state index in [1.54, 1.807) is 12.1 Å². The van der Waals surface area contributed by atoms with Crippen LogP contribution in [0.15, 0.2) is 34.8 Å². The predicted molar refractivity (Wildman–Crippen MR) is 80.4 cm³/mol. The highest BCUT2D eigenvalue weighted by molar-refractivity contribution is 9.10. The zero-order chi connectivity index (χ0) is 15.4. The third kappa shape index (κ3) is 3.75. The average molecular weight is 356 g/mol. The molecule has 0 saturated carbocycles. The van der Waals surface area contributed by atoms with E-state index >= 15 is 0 Å². The van der Waals surface area contributed by atoms with Crippen molar-refractivity contribution in [2.24, 2.45) is 0 Å². The first-order valence-corrected chi connectivity index (χ1v) is 6.97. The van der Waals surface area contributed by atoms with Gasteiger partial charge in [0.05, 0.1) is 10.2 Å². The van der Waals surface area contributed by atoms with Crippen LogP contribution in [0, 0.1) is 11.6 Å². The average Bonchev–Trinajstić information content (AvgIpc) is 2.45. The fourth-order valence-electron chi connectivity index (χ4n) is 1.65. The van der Waals surface area contributed by atoms with Crippen molar-refractivity contribution in [1.29, 1.82) is 0 Å². The first kappa shape index (κ1) is 15.4. The van der Waals surface area contributed by atoms with Crippen LogP contribution in [-0.2, 0) is 0 Å². The third-order valence-corrected chi connectivity index (χ3v) is 3.21. The smallest absolute Gasteiger partial charge is 0.274 e. The summed E-state index contributed by atoms with van der Waals surface area (Å²) < 4.78 is 26.8. The second-order valence-corrected chi connectivity index (χ2v) is 4.99. The fourth-order valence-corrected chi connectivity index (χ4v) is 1.99. The van der Waals surface area contributed by atoms with Crippen LogP contribution >= 0.6 is 15.9 Å². The number of nitrogens with zero attached hydrogens (tertiary/aromatic N) is 1. The number of anilines is 2. The Hall–Kier alpha value is -2.02. The van der Waals surface area contributed by atoms with Crippen LogP contribution in [0.4, 0.5) is 20.3 Å². The first-order valence-electron chi connectivity index (χ1n) is 6.18. The van der Waals surface area contributed by atoms with Crippen LogP contribution in [0.1, 0.15) is 17.4 Å². The topological polar surface area (TPSA) is 54.0 Å². The number of benzene rings is 1. The second kappa shape index (κ2) is 6.62. The van der Waals surface area contributed by atoms with Gasteiger partial charge in [-0.25, -0.2) is 13.8 Å². The first-order chi connectivity index (χ1) is 10.0. The number of rotatable bonds is 4. The molecule has 21 heavy (non-hydrogen) atoms. The number of carbonyl (C=O) groups excluding carboxylic acids is 1. The SMILES string of the molecule is CCNc1cccc(C(=O)Nc2cc(Br)c(F)cc2F)n1. The van der Waals surface area contributed by atoms with Gasteiger partial charge in [0.1, 0.15) is 23.1 Å². The molecule has 0 saturated heterocycles. The van der Waals surface area contributed by atoms with Gasteiger partial charge in [-0.2, -0.15) is 0 Å². The van der Waals surface area contributed by atoms with Crippen LogP contribution in [0.2, 0.25) is 0 Å². The third-order valence-electron chi connectivity index (χ3n) is 2.60. The molecule has 0 aliphatic carbocycles. The standard InChI is InChI=1S/C14H12BrF2N3O/c1-2-18-13-5-3-4-11(19-13)14(21)20-12-6-8(15)9(16)7-10(12)17/h3-7H,2H2,1H3,(H,18,19)(H,20,21). The molecule has 2 aromatic rings. The molecule has 1 heterocycles. The molecule has 0 atom stereocenters. The van der Waals surface area contributed by atoms with Gasteiger partial charge in [0.25, 0.3) is 5.91 Å². The van der Waals surface area contributed by atoms with Gasteiger partial charge >= 0.3 is 0 Å². The van der Waals surface area contributed by atoms with Gasteiger partial charge in [-0.15, -0.1) is 0 Å². The molecule has 1 aromatic carbocycles. The van der Waals surface area contributed by atoms with Crippen molar-refractivity contribution < 1.29 is 13.6 Å². The summed E-state index contributed by atoms with van der Waals surface area (Å²) in [6.45, 7) is 2.57. The number of hydrogen-bond donors (Lipinski definition) is 2. The van der Waals surface area contributed by atoms with E-state index in [9.17, 15) is 13.6 Å². The van der Waals surface area contributed by atoms with E-state index in [4.69, 9.17) is 0 Å². The minimum absolute atomic E-state index is 0.0635. The molecule has 0 fully saturated rings. The van der Waals surface area contributed by atoms with E-state index in [1.807, 2.05) is 6.92 Å². The van der Waals surface area contributed by atoms with Gasteiger partial charge in [-0.1, -0.05) is 6.07 Å². The summed E-state index contributed by atoms with van der Waals surface area (Å²) in [5, 5.41) is 5.34. The molecule has 0 unspecified atom stereocenters. The van der Waals surface area contributed by atoms with Gasteiger partial charge in [-0.05, 0) is 41.1 Å². The Bertz CT molecular complexity index is 679. The number of halogens is 3. The molecule has 4 nitrogen and oxygen atoms in total. The quantitative estimate of drug-likeness (QED) is 0.820. The molecule has 0 aliphatic rings. The highest BCUT2D eigenvalue weighted by atomic mass is 79.9. The van der Waals surface area contributed by atoms with E-state index in [1.165, 1.54) is 6.07 Å². The Balaban J connectivity index is 2.22. The Kier molecular flexibility index (Phi) is 4.85. The summed E-state index contributed by atoms with van der Waals surface area (Å²) in [4.78, 5) is 16.1. The van der Waals surface area contributed by atoms with Crippen LogP contribution in [-0.4, -0.2) is 17.4 Å². The molecule has 0 aliphatic heterocycles. The van der Waals surface area contributed by atoms with Gasteiger partial charge in [0, 0.05) is 12.6 Å². The number of amides is 1. The van der Waals surface area contributed by atoms with Crippen molar-refractivity contribution in [3.05, 3.63) is 52.1 Å². The number of hydrogen-bond acceptors (Lipinski definition) is 3. The lowest BCUT2D eigenvalue weighted by molar-refractivity contribution is 0.102. The van der Waals surface area contributed by atoms with Gasteiger partial charge in [0.2, 0.25) is 0 Å². The molecule has 7 heteroatoms. The van der Waals surface area contributed by atoms with E-state index in [0.717, 1.165) is 6.07 Å². The summed E-state index contributed by atoms with van der Waals surface area (Å²) in [5.74, 6) is -1.62. The van der Waals surface area contributed by atoms with E-state index in [0.29, 0.717) is 18.4 Å². The minimum atomic E-state index is -0.855. The Labute approximate surface area is 128 Å². The molecule has 0 radical (unpaired) electrons. The van der Waals surface area contributed by atoms with Crippen LogP contribution in [0.3, 0.4) is 0 Å². The van der Waals surface area contributed by atoms with E-state index in [2.05, 4.69) is 31.5 Å². The normalized spacial score (nSPS) is 10.3. The number of pyridine rings is 1. The fraction of sp³-hybridized carbons (Fsp3) is 0.143. The molecule has 0 bridgehead atoms. The number of carbonyl (C=O) groups is 1. The maximum Gasteiger partial charge on any atom is 0.274 e. The number of nitrogens with one attached hydrogen (secondary N) is 2. The highest BCUT2D eigenvalue weighted by Crippen LogP contribution is 2.24. The Morgan fingerprint density at radius 3 is 2.76 bits per heavy atom. The van der Waals surface area contributed by atoms with Gasteiger partial charge < -0.3 is 10.6 Å². The molecule has 110 valence electrons. The van der Waals surface area contributed by atoms with Crippen molar-refractivity contribution in [1.82, 2.24) is 4.98 Å². The summed E-state index contributed by atoms with van der Waals surface area (Å²) in [6, 6.07) is 6.75. The van der Waals surface area contributed by atoms with Crippen molar-refractivity contribution in [3.8, 4) is 0 Å².